The van der Waals surface area contributed by atoms with Crippen molar-refractivity contribution in [3.05, 3.63) is 0 Å². The van der Waals surface area contributed by atoms with E-state index in [1.165, 1.54) is 0 Å². The molecule has 0 aromatic carbocycles. The van der Waals surface area contributed by atoms with Gasteiger partial charge in [-0.05, 0) is 38.8 Å². The Morgan fingerprint density at radius 2 is 1.91 bits per heavy atom. The average Bonchev–Trinajstić information content (AvgIpc) is 3.03. The topological polar surface area (TPSA) is 62.8 Å². The maximum Gasteiger partial charge on any atom is 0.223 e. The summed E-state index contributed by atoms with van der Waals surface area (Å²) < 4.78 is 10.8. The summed E-state index contributed by atoms with van der Waals surface area (Å²) in [5.41, 5.74) is 0. The zero-order chi connectivity index (χ0) is 15.4. The highest BCUT2D eigenvalue weighted by molar-refractivity contribution is 5.79. The van der Waals surface area contributed by atoms with Crippen molar-refractivity contribution in [2.45, 2.75) is 43.9 Å². The van der Waals surface area contributed by atoms with Gasteiger partial charge in [-0.15, -0.1) is 0 Å². The zero-order valence-electron chi connectivity index (χ0n) is 13.6. The number of rotatable bonds is 4. The van der Waals surface area contributed by atoms with Crippen LogP contribution in [0.2, 0.25) is 0 Å². The van der Waals surface area contributed by atoms with Crippen LogP contribution in [0.3, 0.4) is 0 Å². The first-order valence-electron chi connectivity index (χ1n) is 8.63. The van der Waals surface area contributed by atoms with Gasteiger partial charge in [0.25, 0.3) is 0 Å². The van der Waals surface area contributed by atoms with Gasteiger partial charge in [-0.2, -0.15) is 0 Å². The number of hydrogen-bond acceptors (Lipinski definition) is 5. The number of carbonyl (C=O) groups excluding carboxylic acids is 1. The molecule has 1 amide bonds. The summed E-state index contributed by atoms with van der Waals surface area (Å²) in [5, 5.41) is 6.45. The van der Waals surface area contributed by atoms with Crippen molar-refractivity contribution in [3.8, 4) is 0 Å². The number of amides is 1. The smallest absolute Gasteiger partial charge is 0.223 e. The zero-order valence-corrected chi connectivity index (χ0v) is 13.6. The van der Waals surface area contributed by atoms with E-state index in [-0.39, 0.29) is 24.0 Å². The number of ether oxygens (including phenoxy) is 2. The van der Waals surface area contributed by atoms with Gasteiger partial charge >= 0.3 is 0 Å². The Morgan fingerprint density at radius 1 is 1.18 bits per heavy atom. The second kappa shape index (κ2) is 7.73. The minimum atomic E-state index is 0.103. The molecule has 3 aliphatic rings. The van der Waals surface area contributed by atoms with Gasteiger partial charge in [0.1, 0.15) is 0 Å². The van der Waals surface area contributed by atoms with Crippen molar-refractivity contribution in [2.75, 3.05) is 46.5 Å². The molecule has 0 bridgehead atoms. The van der Waals surface area contributed by atoms with Crippen LogP contribution in [0.15, 0.2) is 0 Å². The number of carbonyl (C=O) groups is 1. The van der Waals surface area contributed by atoms with Gasteiger partial charge in [-0.3, -0.25) is 4.79 Å². The molecule has 126 valence electrons. The molecule has 6 nitrogen and oxygen atoms in total. The molecular formula is C16H29N3O3. The molecule has 0 aromatic rings. The first-order valence-corrected chi connectivity index (χ1v) is 8.63. The van der Waals surface area contributed by atoms with Crippen LogP contribution in [-0.4, -0.2) is 75.5 Å². The van der Waals surface area contributed by atoms with Crippen molar-refractivity contribution in [2.24, 2.45) is 5.92 Å². The Bertz CT molecular complexity index is 366. The molecule has 3 rings (SSSR count). The van der Waals surface area contributed by atoms with E-state index >= 15 is 0 Å². The van der Waals surface area contributed by atoms with Gasteiger partial charge in [-0.25, -0.2) is 0 Å². The Hall–Kier alpha value is -0.690. The second-order valence-corrected chi connectivity index (χ2v) is 6.70. The molecule has 0 radical (unpaired) electrons. The largest absolute Gasteiger partial charge is 0.381 e. The number of nitrogens with one attached hydrogen (secondary N) is 2. The first-order chi connectivity index (χ1) is 10.8. The van der Waals surface area contributed by atoms with E-state index in [0.717, 1.165) is 65.1 Å². The fraction of sp³-hybridized carbons (Fsp3) is 0.938. The third-order valence-corrected chi connectivity index (χ3v) is 5.40. The van der Waals surface area contributed by atoms with Crippen molar-refractivity contribution >= 4 is 5.91 Å². The monoisotopic (exact) mass is 311 g/mol. The molecule has 2 atom stereocenters. The normalized spacial score (nSPS) is 32.2. The van der Waals surface area contributed by atoms with Crippen LogP contribution in [-0.2, 0) is 14.3 Å². The predicted octanol–water partition coefficient (Wildman–Crippen LogP) is -0.0196. The van der Waals surface area contributed by atoms with Gasteiger partial charge in [0.2, 0.25) is 5.91 Å². The maximum absolute atomic E-state index is 12.5. The van der Waals surface area contributed by atoms with Gasteiger partial charge in [0.15, 0.2) is 0 Å². The predicted molar refractivity (Wildman–Crippen MR) is 83.7 cm³/mol. The van der Waals surface area contributed by atoms with E-state index in [1.54, 1.807) is 7.11 Å². The molecular weight excluding hydrogens is 282 g/mol. The summed E-state index contributed by atoms with van der Waals surface area (Å²) in [6, 6.07) is 0.778. The lowest BCUT2D eigenvalue weighted by Crippen LogP contribution is -2.50. The molecule has 0 spiro atoms. The Labute approximate surface area is 132 Å². The number of likely N-dealkylation sites (tertiary alicyclic amines) is 1. The van der Waals surface area contributed by atoms with E-state index < -0.39 is 0 Å². The van der Waals surface area contributed by atoms with Crippen molar-refractivity contribution in [3.63, 3.8) is 0 Å². The van der Waals surface area contributed by atoms with Gasteiger partial charge in [0.05, 0.1) is 12.1 Å². The van der Waals surface area contributed by atoms with Crippen LogP contribution in [0.5, 0.6) is 0 Å². The minimum Gasteiger partial charge on any atom is -0.381 e. The molecule has 3 saturated heterocycles. The highest BCUT2D eigenvalue weighted by Gasteiger charge is 2.33. The van der Waals surface area contributed by atoms with Crippen LogP contribution in [0.4, 0.5) is 0 Å². The van der Waals surface area contributed by atoms with Crippen molar-refractivity contribution in [1.29, 1.82) is 0 Å². The van der Waals surface area contributed by atoms with Crippen LogP contribution in [0.1, 0.15) is 25.7 Å². The number of piperidine rings is 1. The third kappa shape index (κ3) is 3.79. The SMILES string of the molecule is CO[C@H]1CNC[C@@H]1NC(=O)C1CCN(C2CCOCC2)CC1. The Morgan fingerprint density at radius 3 is 2.59 bits per heavy atom. The lowest BCUT2D eigenvalue weighted by molar-refractivity contribution is -0.128. The van der Waals surface area contributed by atoms with E-state index in [9.17, 15) is 4.79 Å². The molecule has 0 saturated carbocycles. The van der Waals surface area contributed by atoms with Gasteiger partial charge in [-0.1, -0.05) is 0 Å². The highest BCUT2D eigenvalue weighted by atomic mass is 16.5. The average molecular weight is 311 g/mol. The first kappa shape index (κ1) is 16.2. The van der Waals surface area contributed by atoms with Crippen molar-refractivity contribution in [1.82, 2.24) is 15.5 Å². The van der Waals surface area contributed by atoms with Gasteiger partial charge < -0.3 is 25.0 Å². The molecule has 3 fully saturated rings. The van der Waals surface area contributed by atoms with Crippen molar-refractivity contribution < 1.29 is 14.3 Å². The molecule has 2 N–H and O–H groups in total. The van der Waals surface area contributed by atoms with E-state index in [1.807, 2.05) is 0 Å². The van der Waals surface area contributed by atoms with Crippen LogP contribution >= 0.6 is 0 Å². The van der Waals surface area contributed by atoms with Gasteiger partial charge in [0, 0.05) is 45.4 Å². The molecule has 0 aromatic heterocycles. The quantitative estimate of drug-likeness (QED) is 0.764. The van der Waals surface area contributed by atoms with Crippen LogP contribution < -0.4 is 10.6 Å². The van der Waals surface area contributed by atoms with Crippen LogP contribution in [0, 0.1) is 5.92 Å². The fourth-order valence-electron chi connectivity index (χ4n) is 3.92. The molecule has 3 heterocycles. The summed E-state index contributed by atoms with van der Waals surface area (Å²) in [4.78, 5) is 15.0. The van der Waals surface area contributed by atoms with E-state index in [2.05, 4.69) is 15.5 Å². The molecule has 0 aliphatic carbocycles. The highest BCUT2D eigenvalue weighted by Crippen LogP contribution is 2.23. The minimum absolute atomic E-state index is 0.103. The Kier molecular flexibility index (Phi) is 5.68. The summed E-state index contributed by atoms with van der Waals surface area (Å²) in [6.45, 7) is 5.49. The lowest BCUT2D eigenvalue weighted by Gasteiger charge is -2.39. The number of hydrogen-bond donors (Lipinski definition) is 2. The summed E-state index contributed by atoms with van der Waals surface area (Å²) >= 11 is 0. The maximum atomic E-state index is 12.5. The number of methoxy groups -OCH3 is 1. The third-order valence-electron chi connectivity index (χ3n) is 5.40. The fourth-order valence-corrected chi connectivity index (χ4v) is 3.92. The summed E-state index contributed by atoms with van der Waals surface area (Å²) in [6.07, 6.45) is 4.33. The summed E-state index contributed by atoms with van der Waals surface area (Å²) in [5.74, 6) is 0.372. The molecule has 6 heteroatoms. The molecule has 0 unspecified atom stereocenters. The molecule has 3 aliphatic heterocycles. The Balaban J connectivity index is 1.43. The second-order valence-electron chi connectivity index (χ2n) is 6.70. The van der Waals surface area contributed by atoms with E-state index in [4.69, 9.17) is 9.47 Å². The standard InChI is InChI=1S/C16H29N3O3/c1-21-15-11-17-10-14(15)18-16(20)12-2-6-19(7-3-12)13-4-8-22-9-5-13/h12-15,17H,2-11H2,1H3,(H,18,20)/t14-,15-/m0/s1. The summed E-state index contributed by atoms with van der Waals surface area (Å²) in [7, 11) is 1.71. The van der Waals surface area contributed by atoms with E-state index in [0.29, 0.717) is 6.04 Å². The van der Waals surface area contributed by atoms with Crippen LogP contribution in [0.25, 0.3) is 0 Å². The molecule has 22 heavy (non-hydrogen) atoms. The lowest BCUT2D eigenvalue weighted by atomic mass is 9.93. The number of nitrogens with zero attached hydrogens (tertiary/aromatic N) is 1.